The van der Waals surface area contributed by atoms with E-state index in [1.807, 2.05) is 0 Å². The summed E-state index contributed by atoms with van der Waals surface area (Å²) in [6, 6.07) is 6.33. The first-order valence-electron chi connectivity index (χ1n) is 7.44. The molecule has 3 rings (SSSR count). The Bertz CT molecular complexity index is 641. The molecule has 5 heteroatoms. The number of nitrogens with two attached hydrogens (primary N) is 1. The van der Waals surface area contributed by atoms with Gasteiger partial charge in [0.25, 0.3) is 0 Å². The van der Waals surface area contributed by atoms with Crippen LogP contribution in [-0.4, -0.2) is 48.7 Å². The fraction of sp³-hybridized carbons (Fsp3) is 0.438. The van der Waals surface area contributed by atoms with Gasteiger partial charge in [-0.2, -0.15) is 0 Å². The van der Waals surface area contributed by atoms with Crippen LogP contribution in [0.2, 0.25) is 0 Å². The minimum Gasteiger partial charge on any atom is -0.378 e. The number of nitrogens with zero attached hydrogens (tertiary/aromatic N) is 2. The zero-order valence-electron chi connectivity index (χ0n) is 12.4. The first-order chi connectivity index (χ1) is 10.3. The highest BCUT2D eigenvalue weighted by Crippen LogP contribution is 2.22. The minimum absolute atomic E-state index is 0.634. The van der Waals surface area contributed by atoms with Gasteiger partial charge >= 0.3 is 0 Å². The zero-order chi connectivity index (χ0) is 14.7. The van der Waals surface area contributed by atoms with Gasteiger partial charge in [0.2, 0.25) is 0 Å². The number of benzene rings is 1. The molecule has 1 aliphatic rings. The normalized spacial score (nSPS) is 16.6. The van der Waals surface area contributed by atoms with Crippen molar-refractivity contribution in [3.05, 3.63) is 35.5 Å². The van der Waals surface area contributed by atoms with Gasteiger partial charge in [0.05, 0.1) is 13.2 Å². The van der Waals surface area contributed by atoms with Crippen LogP contribution < -0.4 is 5.73 Å². The molecule has 112 valence electrons. The van der Waals surface area contributed by atoms with Gasteiger partial charge in [0, 0.05) is 36.7 Å². The Morgan fingerprint density at radius 1 is 1.38 bits per heavy atom. The maximum atomic E-state index is 6.04. The molecule has 1 aliphatic heterocycles. The largest absolute Gasteiger partial charge is 0.378 e. The average Bonchev–Trinajstić information content (AvgIpc) is 2.93. The lowest BCUT2D eigenvalue weighted by molar-refractivity contribution is 0.0674. The third-order valence-corrected chi connectivity index (χ3v) is 3.99. The van der Waals surface area contributed by atoms with Gasteiger partial charge in [-0.3, -0.25) is 4.99 Å². The number of ether oxygens (including phenoxy) is 1. The summed E-state index contributed by atoms with van der Waals surface area (Å²) >= 11 is 0. The molecule has 0 aliphatic carbocycles. The molecule has 2 aromatic rings. The maximum absolute atomic E-state index is 6.04. The summed E-state index contributed by atoms with van der Waals surface area (Å²) in [6.07, 6.45) is 2.98. The number of aromatic nitrogens is 1. The van der Waals surface area contributed by atoms with Crippen molar-refractivity contribution in [2.24, 2.45) is 10.7 Å². The summed E-state index contributed by atoms with van der Waals surface area (Å²) in [4.78, 5) is 9.92. The van der Waals surface area contributed by atoms with Crippen molar-refractivity contribution >= 4 is 16.9 Å². The van der Waals surface area contributed by atoms with Crippen LogP contribution in [-0.2, 0) is 11.2 Å². The van der Waals surface area contributed by atoms with E-state index in [1.54, 1.807) is 0 Å². The van der Waals surface area contributed by atoms with Gasteiger partial charge in [-0.05, 0) is 30.5 Å². The number of hydrogen-bond acceptors (Lipinski definition) is 2. The van der Waals surface area contributed by atoms with Crippen LogP contribution in [0.4, 0.5) is 0 Å². The Morgan fingerprint density at radius 2 is 2.19 bits per heavy atom. The van der Waals surface area contributed by atoms with Crippen LogP contribution in [0.1, 0.15) is 11.1 Å². The van der Waals surface area contributed by atoms with Crippen LogP contribution in [0.15, 0.2) is 29.4 Å². The standard InChI is InChI=1S/C16H22N4O/c1-12-3-2-4-14-15(12)13(11-19-14)5-6-18-16(17)20-7-9-21-10-8-20/h2-4,11,19H,5-10H2,1H3,(H2,17,18). The second kappa shape index (κ2) is 6.18. The Morgan fingerprint density at radius 3 is 3.00 bits per heavy atom. The highest BCUT2D eigenvalue weighted by Gasteiger charge is 2.12. The molecule has 1 saturated heterocycles. The van der Waals surface area contributed by atoms with Crippen molar-refractivity contribution < 1.29 is 4.74 Å². The molecule has 3 N–H and O–H groups in total. The van der Waals surface area contributed by atoms with Crippen LogP contribution >= 0.6 is 0 Å². The molecule has 2 heterocycles. The molecule has 0 bridgehead atoms. The second-order valence-corrected chi connectivity index (χ2v) is 5.40. The van der Waals surface area contributed by atoms with E-state index in [0.29, 0.717) is 12.5 Å². The first kappa shape index (κ1) is 13.9. The van der Waals surface area contributed by atoms with Gasteiger partial charge in [-0.15, -0.1) is 0 Å². The topological polar surface area (TPSA) is 66.6 Å². The van der Waals surface area contributed by atoms with Crippen LogP contribution in [0.3, 0.4) is 0 Å². The summed E-state index contributed by atoms with van der Waals surface area (Å²) in [5, 5.41) is 1.32. The van der Waals surface area contributed by atoms with E-state index in [0.717, 1.165) is 32.7 Å². The van der Waals surface area contributed by atoms with Gasteiger partial charge in [0.1, 0.15) is 0 Å². The number of H-pyrrole nitrogens is 1. The molecule has 0 amide bonds. The van der Waals surface area contributed by atoms with E-state index >= 15 is 0 Å². The maximum Gasteiger partial charge on any atom is 0.191 e. The fourth-order valence-corrected chi connectivity index (χ4v) is 2.83. The summed E-state index contributed by atoms with van der Waals surface area (Å²) in [5.41, 5.74) is 9.84. The van der Waals surface area contributed by atoms with Crippen molar-refractivity contribution in [2.75, 3.05) is 32.8 Å². The number of aryl methyl sites for hydroxylation is 1. The summed E-state index contributed by atoms with van der Waals surface area (Å²) < 4.78 is 5.32. The highest BCUT2D eigenvalue weighted by atomic mass is 16.5. The lowest BCUT2D eigenvalue weighted by Gasteiger charge is -2.27. The summed E-state index contributed by atoms with van der Waals surface area (Å²) in [7, 11) is 0. The third-order valence-electron chi connectivity index (χ3n) is 3.99. The molecular formula is C16H22N4O. The Kier molecular flexibility index (Phi) is 4.10. The predicted molar refractivity (Wildman–Crippen MR) is 85.6 cm³/mol. The molecule has 21 heavy (non-hydrogen) atoms. The zero-order valence-corrected chi connectivity index (χ0v) is 12.4. The first-order valence-corrected chi connectivity index (χ1v) is 7.44. The summed E-state index contributed by atoms with van der Waals surface area (Å²) in [5.74, 6) is 0.634. The number of guanidine groups is 1. The molecule has 0 spiro atoms. The number of aliphatic imine (C=N–C) groups is 1. The lowest BCUT2D eigenvalue weighted by Crippen LogP contribution is -2.44. The van der Waals surface area contributed by atoms with Gasteiger partial charge in [0.15, 0.2) is 5.96 Å². The molecule has 5 nitrogen and oxygen atoms in total. The fourth-order valence-electron chi connectivity index (χ4n) is 2.83. The van der Waals surface area contributed by atoms with E-state index in [2.05, 4.69) is 46.2 Å². The smallest absolute Gasteiger partial charge is 0.191 e. The minimum atomic E-state index is 0.634. The van der Waals surface area contributed by atoms with Crippen molar-refractivity contribution in [1.29, 1.82) is 0 Å². The molecule has 1 aromatic heterocycles. The monoisotopic (exact) mass is 286 g/mol. The Balaban J connectivity index is 1.66. The number of aromatic amines is 1. The SMILES string of the molecule is Cc1cccc2[nH]cc(CCN=C(N)N3CCOCC3)c12. The summed E-state index contributed by atoms with van der Waals surface area (Å²) in [6.45, 7) is 5.99. The molecule has 0 saturated carbocycles. The lowest BCUT2D eigenvalue weighted by atomic mass is 10.1. The van der Waals surface area contributed by atoms with Gasteiger partial charge in [-0.25, -0.2) is 0 Å². The van der Waals surface area contributed by atoms with Crippen molar-refractivity contribution in [1.82, 2.24) is 9.88 Å². The van der Waals surface area contributed by atoms with Crippen LogP contribution in [0.25, 0.3) is 10.9 Å². The molecular weight excluding hydrogens is 264 g/mol. The Labute approximate surface area is 124 Å². The quantitative estimate of drug-likeness (QED) is 0.666. The molecule has 0 unspecified atom stereocenters. The van der Waals surface area contributed by atoms with E-state index in [-0.39, 0.29) is 0 Å². The van der Waals surface area contributed by atoms with E-state index in [4.69, 9.17) is 10.5 Å². The highest BCUT2D eigenvalue weighted by molar-refractivity contribution is 5.86. The number of rotatable bonds is 3. The third kappa shape index (κ3) is 3.03. The van der Waals surface area contributed by atoms with E-state index in [9.17, 15) is 0 Å². The molecule has 0 atom stereocenters. The number of nitrogens with one attached hydrogen (secondary N) is 1. The van der Waals surface area contributed by atoms with Gasteiger partial charge in [-0.1, -0.05) is 12.1 Å². The van der Waals surface area contributed by atoms with Crippen molar-refractivity contribution in [3.63, 3.8) is 0 Å². The van der Waals surface area contributed by atoms with E-state index < -0.39 is 0 Å². The van der Waals surface area contributed by atoms with Crippen molar-refractivity contribution in [3.8, 4) is 0 Å². The number of hydrogen-bond donors (Lipinski definition) is 2. The van der Waals surface area contributed by atoms with Crippen LogP contribution in [0.5, 0.6) is 0 Å². The number of morpholine rings is 1. The van der Waals surface area contributed by atoms with Crippen LogP contribution in [0, 0.1) is 6.92 Å². The van der Waals surface area contributed by atoms with Gasteiger partial charge < -0.3 is 20.4 Å². The van der Waals surface area contributed by atoms with E-state index in [1.165, 1.54) is 22.0 Å². The predicted octanol–water partition coefficient (Wildman–Crippen LogP) is 1.67. The second-order valence-electron chi connectivity index (χ2n) is 5.40. The molecule has 0 radical (unpaired) electrons. The number of fused-ring (bicyclic) bond motifs is 1. The Hall–Kier alpha value is -2.01. The van der Waals surface area contributed by atoms with Crippen molar-refractivity contribution in [2.45, 2.75) is 13.3 Å². The average molecular weight is 286 g/mol. The molecule has 1 fully saturated rings. The molecule has 1 aromatic carbocycles.